The second kappa shape index (κ2) is 44.3. The van der Waals surface area contributed by atoms with Crippen LogP contribution in [-0.2, 0) is 109 Å². The van der Waals surface area contributed by atoms with E-state index < -0.39 is 397 Å². The lowest BCUT2D eigenvalue weighted by atomic mass is 9.93. The van der Waals surface area contributed by atoms with Crippen molar-refractivity contribution in [3.05, 3.63) is 0 Å². The van der Waals surface area contributed by atoms with Crippen LogP contribution in [0, 0.1) is 0 Å². The molecule has 0 radical (unpaired) electrons. The zero-order valence-electron chi connectivity index (χ0n) is 65.9. The summed E-state index contributed by atoms with van der Waals surface area (Å²) in [5.74, 6) is -3.86. The van der Waals surface area contributed by atoms with Crippen molar-refractivity contribution in [3.63, 3.8) is 0 Å². The van der Waals surface area contributed by atoms with E-state index in [1.54, 1.807) is 0 Å². The van der Waals surface area contributed by atoms with Crippen LogP contribution in [0.25, 0.3) is 0 Å². The zero-order valence-corrected chi connectivity index (χ0v) is 65.9. The second-order valence-corrected chi connectivity index (χ2v) is 31.0. The van der Waals surface area contributed by atoms with Gasteiger partial charge in [-0.3, -0.25) is 19.2 Å². The maximum atomic E-state index is 13.3. The summed E-state index contributed by atoms with van der Waals surface area (Å²) in [5, 5.41) is 321. The van der Waals surface area contributed by atoms with Crippen molar-refractivity contribution in [2.24, 2.45) is 0 Å². The van der Waals surface area contributed by atoms with Crippen LogP contribution in [0.1, 0.15) is 27.7 Å². The van der Waals surface area contributed by atoms with E-state index in [0.717, 1.165) is 27.7 Å². The molecule has 10 saturated heterocycles. The van der Waals surface area contributed by atoms with Gasteiger partial charge in [0.05, 0.1) is 66.1 Å². The summed E-state index contributed by atoms with van der Waals surface area (Å²) in [7, 11) is 0. The molecule has 0 aromatic heterocycles. The second-order valence-electron chi connectivity index (χ2n) is 31.0. The van der Waals surface area contributed by atoms with E-state index in [0.29, 0.717) is 0 Å². The van der Waals surface area contributed by atoms with Crippen LogP contribution in [0.3, 0.4) is 0 Å². The van der Waals surface area contributed by atoms with Gasteiger partial charge in [0.2, 0.25) is 23.6 Å². The molecule has 0 aromatic rings. The van der Waals surface area contributed by atoms with Gasteiger partial charge >= 0.3 is 0 Å². The lowest BCUT2D eigenvalue weighted by Crippen LogP contribution is -2.71. The lowest BCUT2D eigenvalue weighted by Gasteiger charge is -2.52. The number of amides is 4. The van der Waals surface area contributed by atoms with E-state index >= 15 is 0 Å². The summed E-state index contributed by atoms with van der Waals surface area (Å²) in [6, 6.07) is -7.85. The van der Waals surface area contributed by atoms with Crippen molar-refractivity contribution in [3.8, 4) is 0 Å². The van der Waals surface area contributed by atoms with Gasteiger partial charge in [-0.2, -0.15) is 0 Å². The van der Waals surface area contributed by atoms with Gasteiger partial charge in [-0.1, -0.05) is 0 Å². The number of carbonyl (C=O) groups excluding carboxylic acids is 4. The van der Waals surface area contributed by atoms with Crippen molar-refractivity contribution in [1.82, 2.24) is 21.3 Å². The minimum atomic E-state index is -2.63. The summed E-state index contributed by atoms with van der Waals surface area (Å²) in [6.07, 6.45) is -98.3. The fourth-order valence-electron chi connectivity index (χ4n) is 15.9. The first-order valence-corrected chi connectivity index (χ1v) is 39.1. The largest absolute Gasteiger partial charge is 0.394 e. The molecular formula is C68H114N4O51. The summed E-state index contributed by atoms with van der Waals surface area (Å²) in [6.45, 7) is -7.70. The van der Waals surface area contributed by atoms with Crippen LogP contribution >= 0.6 is 0 Å². The average molecular weight is 1800 g/mol. The van der Waals surface area contributed by atoms with Gasteiger partial charge in [0.25, 0.3) is 0 Å². The summed E-state index contributed by atoms with van der Waals surface area (Å²) >= 11 is 0. The molecular weight excluding hydrogens is 1690 g/mol. The van der Waals surface area contributed by atoms with Gasteiger partial charge in [-0.25, -0.2) is 0 Å². The molecule has 10 aliphatic rings. The Bertz CT molecular complexity index is 3310. The van der Waals surface area contributed by atoms with Gasteiger partial charge in [0, 0.05) is 27.7 Å². The Morgan fingerprint density at radius 1 is 0.211 bits per heavy atom. The fraction of sp³-hybridized carbons (Fsp3) is 0.941. The van der Waals surface area contributed by atoms with Crippen molar-refractivity contribution in [2.75, 3.05) is 66.1 Å². The van der Waals surface area contributed by atoms with E-state index in [-0.39, 0.29) is 0 Å². The molecule has 0 aliphatic carbocycles. The first-order valence-electron chi connectivity index (χ1n) is 39.1. The number of rotatable bonds is 32. The molecule has 0 saturated carbocycles. The minimum absolute atomic E-state index is 0.886. The van der Waals surface area contributed by atoms with Gasteiger partial charge in [0.15, 0.2) is 62.9 Å². The molecule has 55 heteroatoms. The highest BCUT2D eigenvalue weighted by molar-refractivity contribution is 5.74. The van der Waals surface area contributed by atoms with Gasteiger partial charge in [-0.05, 0) is 0 Å². The number of aliphatic hydroxyl groups excluding tert-OH is 28. The Kier molecular flexibility index (Phi) is 36.4. The summed E-state index contributed by atoms with van der Waals surface area (Å²) < 4.78 is 113. The Labute approximate surface area is 695 Å². The number of hydrogen-bond donors (Lipinski definition) is 32. The summed E-state index contributed by atoms with van der Waals surface area (Å²) in [5.41, 5.74) is 0. The lowest BCUT2D eigenvalue weighted by molar-refractivity contribution is -0.406. The van der Waals surface area contributed by atoms with Crippen LogP contribution in [0.5, 0.6) is 0 Å². The molecule has 0 aromatic carbocycles. The van der Waals surface area contributed by atoms with Gasteiger partial charge < -0.3 is 254 Å². The van der Waals surface area contributed by atoms with E-state index in [1.165, 1.54) is 0 Å². The molecule has 32 N–H and O–H groups in total. The van der Waals surface area contributed by atoms with Gasteiger partial charge in [-0.15, -0.1) is 0 Å². The number of aliphatic hydroxyl groups is 28. The van der Waals surface area contributed by atoms with Gasteiger partial charge in [0.1, 0.15) is 244 Å². The van der Waals surface area contributed by atoms with Crippen LogP contribution in [0.2, 0.25) is 0 Å². The third-order valence-electron chi connectivity index (χ3n) is 22.5. The van der Waals surface area contributed by atoms with Crippen LogP contribution in [-0.4, -0.2) is 539 Å². The Hall–Kier alpha value is -4.00. The third kappa shape index (κ3) is 22.3. The maximum Gasteiger partial charge on any atom is 0.217 e. The van der Waals surface area contributed by atoms with Crippen molar-refractivity contribution >= 4 is 23.6 Å². The van der Waals surface area contributed by atoms with Crippen molar-refractivity contribution in [1.29, 1.82) is 0 Å². The van der Waals surface area contributed by atoms with E-state index in [1.807, 2.05) is 0 Å². The van der Waals surface area contributed by atoms with E-state index in [4.69, 9.17) is 90.0 Å². The predicted molar refractivity (Wildman–Crippen MR) is 376 cm³/mol. The van der Waals surface area contributed by atoms with Crippen LogP contribution in [0.4, 0.5) is 0 Å². The number of ether oxygens (including phenoxy) is 19. The summed E-state index contributed by atoms with van der Waals surface area (Å²) in [4.78, 5) is 51.8. The smallest absolute Gasteiger partial charge is 0.217 e. The molecule has 0 spiro atoms. The topological polar surface area (TPSA) is 858 Å². The van der Waals surface area contributed by atoms with Crippen LogP contribution in [0.15, 0.2) is 0 Å². The molecule has 10 rings (SSSR count). The third-order valence-corrected chi connectivity index (χ3v) is 22.5. The quantitative estimate of drug-likeness (QED) is 0.0297. The molecule has 50 atom stereocenters. The highest BCUT2D eigenvalue weighted by atomic mass is 16.8. The highest BCUT2D eigenvalue weighted by Gasteiger charge is 2.62. The first kappa shape index (κ1) is 101. The first-order chi connectivity index (χ1) is 58.2. The number of nitrogens with one attached hydrogen (secondary N) is 4. The van der Waals surface area contributed by atoms with Crippen LogP contribution < -0.4 is 21.3 Å². The van der Waals surface area contributed by atoms with Crippen molar-refractivity contribution in [2.45, 2.75) is 335 Å². The Morgan fingerprint density at radius 2 is 0.447 bits per heavy atom. The number of carbonyl (C=O) groups is 4. The van der Waals surface area contributed by atoms with Crippen molar-refractivity contribution < 1.29 is 252 Å². The molecule has 0 bridgehead atoms. The van der Waals surface area contributed by atoms with E-state index in [9.17, 15) is 162 Å². The molecule has 1 unspecified atom stereocenters. The normalized spacial score (nSPS) is 49.4. The maximum absolute atomic E-state index is 13.3. The SMILES string of the molecule is CC(=O)N[C@H]1[C@H](O[C@@H]2[C@@H](O[C@@H]3[C@H](O)[C@H](O[C@H]4[C@H](O)[C@@H](NC(C)=O)C(O)O[C@@H]4CO)O[C@H](CO[C@H]4O[C@H](CO)[C@@H](O)[C@H](O)[C@@H]4O[C@@H]4O[C@H](CO)[C@@H](O[C@@H]5O[C@H](CO)[C@H](O)[C@H](O)[C@H]5O)[C@H](O)[C@H]4NC(C)=O)[C@H]3O)O[C@H](CO)[C@@H](O[C@@H]3O[C@H](CO)[C@@H](O[C@@H]4O[C@H](CO)[C@H](O)[C@H](O)[C@H]4O)[C@H](O)[C@H]3NC(C)=O)[C@@H]2O)O[C@H](CO)[C@@H](O[C@@H]2O[C@H](CO)[C@H](O)[C@H](O)[C@H]2O)[C@@H]1O. The molecule has 123 heavy (non-hydrogen) atoms. The molecule has 712 valence electrons. The fourth-order valence-corrected chi connectivity index (χ4v) is 15.9. The average Bonchev–Trinajstić information content (AvgIpc) is 0.825. The molecule has 10 fully saturated rings. The number of hydrogen-bond acceptors (Lipinski definition) is 51. The minimum Gasteiger partial charge on any atom is -0.394 e. The monoisotopic (exact) mass is 1800 g/mol. The standard InChI is InChI=1S/C68H114N4O51/c1-15(82)69-29-38(91)51(23(9-77)106-59(29)104)120-66-50(103)56(37(90)28(115-66)14-105-67-57(45(98)36(89)22(8-76)110-67)122-61-31(71-17(3)84)40(93)53(25(11-79)112-61)118-64-47(100)43(96)34(87)20(6-74)108-64)121-68-58(123-62-32(72-18(4)85)41(94)54(26(12-80)113-62)119-65-48(101)44(97)35(88)21(7-75)109-65)49(102)55(27(13-81)114-68)116-60-30(70-16(2)83)39(92)52(24(10-78)111-60)117-63-46(99)42(95)33(86)19(5-73)107-63/h19-68,73-81,86-104H,5-14H2,1-4H3,(H,69,82)(H,70,83)(H,71,84)(H,72,85)/t19-,20-,21-,22-,23-,24-,25-,26-,27-,28-,29-,30-,31-,32-,33+,34+,35+,36-,37-,38-,39-,40-,41-,42+,43+,44+,45+,46-,47-,48-,49+,50+,51-,52-,53-,54-,55-,56+,57+,58+,59?,60+,61+,62+,63+,64+,65+,66+,67+,68-/m1/s1. The molecule has 10 aliphatic heterocycles. The highest BCUT2D eigenvalue weighted by Crippen LogP contribution is 2.41. The Morgan fingerprint density at radius 3 is 0.780 bits per heavy atom. The predicted octanol–water partition coefficient (Wildman–Crippen LogP) is -22.2. The molecule has 55 nitrogen and oxygen atoms in total. The zero-order chi connectivity index (χ0) is 90.5. The molecule has 10 heterocycles. The van der Waals surface area contributed by atoms with E-state index in [2.05, 4.69) is 21.3 Å². The molecule has 4 amide bonds. The Balaban J connectivity index is 1.02.